The van der Waals surface area contributed by atoms with Crippen molar-refractivity contribution < 1.29 is 4.39 Å². The highest BCUT2D eigenvalue weighted by molar-refractivity contribution is 9.10. The summed E-state index contributed by atoms with van der Waals surface area (Å²) in [6.07, 6.45) is 1.77. The number of rotatable bonds is 5. The molecule has 0 saturated heterocycles. The summed E-state index contributed by atoms with van der Waals surface area (Å²) in [5.74, 6) is -0.243. The molecule has 0 aliphatic carbocycles. The van der Waals surface area contributed by atoms with Gasteiger partial charge in [0.15, 0.2) is 5.11 Å². The molecule has 0 unspecified atom stereocenters. The van der Waals surface area contributed by atoms with Crippen LogP contribution in [0.3, 0.4) is 0 Å². The molecule has 28 heavy (non-hydrogen) atoms. The highest BCUT2D eigenvalue weighted by Crippen LogP contribution is 2.22. The summed E-state index contributed by atoms with van der Waals surface area (Å²) in [4.78, 5) is 1.95. The maximum absolute atomic E-state index is 13.1. The lowest BCUT2D eigenvalue weighted by atomic mass is 10.2. The molecule has 0 fully saturated rings. The number of thiocarbonyl (C=S) groups is 1. The molecular formula is C19H22BrFN6S. The second kappa shape index (κ2) is 8.40. The number of anilines is 1. The zero-order valence-electron chi connectivity index (χ0n) is 16.2. The van der Waals surface area contributed by atoms with Gasteiger partial charge in [0.2, 0.25) is 0 Å². The molecule has 0 atom stereocenters. The topological polar surface area (TPSA) is 50.9 Å². The van der Waals surface area contributed by atoms with Crippen molar-refractivity contribution in [1.29, 1.82) is 0 Å². The second-order valence-electron chi connectivity index (χ2n) is 6.68. The zero-order valence-corrected chi connectivity index (χ0v) is 18.6. The predicted molar refractivity (Wildman–Crippen MR) is 116 cm³/mol. The Hall–Kier alpha value is -2.26. The second-order valence-corrected chi connectivity index (χ2v) is 7.92. The van der Waals surface area contributed by atoms with Gasteiger partial charge < -0.3 is 10.2 Å². The van der Waals surface area contributed by atoms with Crippen LogP contribution in [0.4, 0.5) is 10.1 Å². The van der Waals surface area contributed by atoms with Crippen LogP contribution in [0.2, 0.25) is 0 Å². The Bertz CT molecular complexity index is 975. The third-order valence-corrected chi connectivity index (χ3v) is 5.68. The number of aryl methyl sites for hydroxylation is 2. The van der Waals surface area contributed by atoms with Gasteiger partial charge in [-0.15, -0.1) is 0 Å². The Morgan fingerprint density at radius 3 is 2.57 bits per heavy atom. The first-order valence-electron chi connectivity index (χ1n) is 8.73. The van der Waals surface area contributed by atoms with E-state index in [1.807, 2.05) is 42.2 Å². The molecule has 3 aromatic rings. The Balaban J connectivity index is 1.72. The van der Waals surface area contributed by atoms with Crippen LogP contribution >= 0.6 is 28.1 Å². The van der Waals surface area contributed by atoms with E-state index in [2.05, 4.69) is 31.4 Å². The van der Waals surface area contributed by atoms with Crippen molar-refractivity contribution in [2.45, 2.75) is 26.9 Å². The van der Waals surface area contributed by atoms with Crippen LogP contribution < -0.4 is 5.32 Å². The minimum atomic E-state index is -0.243. The molecule has 0 spiro atoms. The van der Waals surface area contributed by atoms with Crippen LogP contribution in [-0.4, -0.2) is 36.6 Å². The smallest absolute Gasteiger partial charge is 0.173 e. The standard InChI is InChI=1S/C19H22BrFN6S/c1-12-18(13(2)27(24-12)10-14-5-7-15(21)8-6-14)23-19(28)25(3)11-17-16(20)9-22-26(17)4/h5-9H,10-11H2,1-4H3,(H,23,28). The van der Waals surface area contributed by atoms with E-state index in [4.69, 9.17) is 12.2 Å². The number of hydrogen-bond acceptors (Lipinski definition) is 3. The maximum Gasteiger partial charge on any atom is 0.173 e. The fourth-order valence-corrected chi connectivity index (χ4v) is 3.55. The van der Waals surface area contributed by atoms with Gasteiger partial charge in [-0.25, -0.2) is 4.39 Å². The van der Waals surface area contributed by atoms with Crippen LogP contribution in [0, 0.1) is 19.7 Å². The van der Waals surface area contributed by atoms with Crippen molar-refractivity contribution in [2.75, 3.05) is 12.4 Å². The van der Waals surface area contributed by atoms with Gasteiger partial charge >= 0.3 is 0 Å². The Morgan fingerprint density at radius 1 is 1.29 bits per heavy atom. The third-order valence-electron chi connectivity index (χ3n) is 4.60. The summed E-state index contributed by atoms with van der Waals surface area (Å²) >= 11 is 9.10. The molecule has 0 amide bonds. The predicted octanol–water partition coefficient (Wildman–Crippen LogP) is 4.01. The molecule has 0 saturated carbocycles. The van der Waals surface area contributed by atoms with Crippen molar-refractivity contribution in [1.82, 2.24) is 24.5 Å². The van der Waals surface area contributed by atoms with Crippen LogP contribution in [0.15, 0.2) is 34.9 Å². The lowest BCUT2D eigenvalue weighted by molar-refractivity contribution is 0.481. The molecule has 6 nitrogen and oxygen atoms in total. The van der Waals surface area contributed by atoms with E-state index >= 15 is 0 Å². The fourth-order valence-electron chi connectivity index (χ4n) is 2.91. The third kappa shape index (κ3) is 4.41. The molecule has 0 aliphatic heterocycles. The Labute approximate surface area is 177 Å². The maximum atomic E-state index is 13.1. The van der Waals surface area contributed by atoms with Gasteiger partial charge in [-0.2, -0.15) is 10.2 Å². The number of nitrogens with one attached hydrogen (secondary N) is 1. The van der Waals surface area contributed by atoms with Gasteiger partial charge in [-0.1, -0.05) is 12.1 Å². The van der Waals surface area contributed by atoms with Crippen molar-refractivity contribution in [2.24, 2.45) is 7.05 Å². The molecule has 0 radical (unpaired) electrons. The normalized spacial score (nSPS) is 10.9. The lowest BCUT2D eigenvalue weighted by Gasteiger charge is -2.21. The largest absolute Gasteiger partial charge is 0.346 e. The van der Waals surface area contributed by atoms with Crippen LogP contribution in [0.25, 0.3) is 0 Å². The summed E-state index contributed by atoms with van der Waals surface area (Å²) in [7, 11) is 3.83. The van der Waals surface area contributed by atoms with Gasteiger partial charge in [0.25, 0.3) is 0 Å². The van der Waals surface area contributed by atoms with E-state index in [1.54, 1.807) is 18.3 Å². The van der Waals surface area contributed by atoms with E-state index in [9.17, 15) is 4.39 Å². The minimum absolute atomic E-state index is 0.243. The van der Waals surface area contributed by atoms with Crippen molar-refractivity contribution in [3.05, 3.63) is 63.4 Å². The van der Waals surface area contributed by atoms with Crippen LogP contribution in [0.1, 0.15) is 22.6 Å². The highest BCUT2D eigenvalue weighted by atomic mass is 79.9. The summed E-state index contributed by atoms with van der Waals surface area (Å²) in [6, 6.07) is 6.45. The van der Waals surface area contributed by atoms with E-state index in [1.165, 1.54) is 12.1 Å². The van der Waals surface area contributed by atoms with E-state index in [-0.39, 0.29) is 5.82 Å². The Morgan fingerprint density at radius 2 is 1.96 bits per heavy atom. The number of benzene rings is 1. The first-order chi connectivity index (χ1) is 13.3. The van der Waals surface area contributed by atoms with Crippen LogP contribution in [0.5, 0.6) is 0 Å². The molecule has 0 bridgehead atoms. The summed E-state index contributed by atoms with van der Waals surface area (Å²) in [6.45, 7) is 5.12. The fraction of sp³-hybridized carbons (Fsp3) is 0.316. The molecule has 3 rings (SSSR count). The Kier molecular flexibility index (Phi) is 6.14. The quantitative estimate of drug-likeness (QED) is 0.578. The number of hydrogen-bond donors (Lipinski definition) is 1. The lowest BCUT2D eigenvalue weighted by Crippen LogP contribution is -2.31. The summed E-state index contributed by atoms with van der Waals surface area (Å²) in [5, 5.41) is 12.7. The van der Waals surface area contributed by atoms with Crippen molar-refractivity contribution in [3.8, 4) is 0 Å². The number of aromatic nitrogens is 4. The van der Waals surface area contributed by atoms with Gasteiger partial charge in [-0.3, -0.25) is 9.36 Å². The van der Waals surface area contributed by atoms with Crippen LogP contribution in [-0.2, 0) is 20.1 Å². The molecule has 1 aromatic carbocycles. The van der Waals surface area contributed by atoms with Gasteiger partial charge in [0.1, 0.15) is 5.82 Å². The molecular weight excluding hydrogens is 443 g/mol. The average Bonchev–Trinajstić information content (AvgIpc) is 3.11. The van der Waals surface area contributed by atoms with Gasteiger partial charge in [0.05, 0.1) is 46.5 Å². The van der Waals surface area contributed by atoms with Gasteiger partial charge in [-0.05, 0) is 59.7 Å². The monoisotopic (exact) mass is 464 g/mol. The van der Waals surface area contributed by atoms with Crippen molar-refractivity contribution in [3.63, 3.8) is 0 Å². The molecule has 2 aromatic heterocycles. The minimum Gasteiger partial charge on any atom is -0.346 e. The number of halogens is 2. The molecule has 0 aliphatic rings. The van der Waals surface area contributed by atoms with E-state index in [0.717, 1.165) is 32.8 Å². The van der Waals surface area contributed by atoms with E-state index in [0.29, 0.717) is 18.2 Å². The average molecular weight is 465 g/mol. The number of nitrogens with zero attached hydrogens (tertiary/aromatic N) is 5. The van der Waals surface area contributed by atoms with Crippen molar-refractivity contribution >= 4 is 38.9 Å². The van der Waals surface area contributed by atoms with E-state index < -0.39 is 0 Å². The highest BCUT2D eigenvalue weighted by Gasteiger charge is 2.16. The molecule has 148 valence electrons. The zero-order chi connectivity index (χ0) is 20.4. The summed E-state index contributed by atoms with van der Waals surface area (Å²) < 4.78 is 17.8. The summed E-state index contributed by atoms with van der Waals surface area (Å²) in [5.41, 5.74) is 4.74. The molecule has 9 heteroatoms. The first kappa shape index (κ1) is 20.5. The molecule has 2 heterocycles. The first-order valence-corrected chi connectivity index (χ1v) is 9.93. The SMILES string of the molecule is Cc1nn(Cc2ccc(F)cc2)c(C)c1NC(=S)N(C)Cc1c(Br)cnn1C. The van der Waals surface area contributed by atoms with Gasteiger partial charge in [0, 0.05) is 14.1 Å². The molecule has 1 N–H and O–H groups in total.